The van der Waals surface area contributed by atoms with Gasteiger partial charge in [0.15, 0.2) is 5.92 Å². The van der Waals surface area contributed by atoms with E-state index in [1.807, 2.05) is 0 Å². The van der Waals surface area contributed by atoms with Crippen molar-refractivity contribution < 1.29 is 41.7 Å². The summed E-state index contributed by atoms with van der Waals surface area (Å²) in [4.78, 5) is 23.4. The molecule has 0 aliphatic carbocycles. The summed E-state index contributed by atoms with van der Waals surface area (Å²) in [5.41, 5.74) is -1.90. The Balaban J connectivity index is 4.90. The number of halogens is 3. The Kier molecular flexibility index (Phi) is 9.54. The molecule has 0 aliphatic heterocycles. The lowest BCUT2D eigenvalue weighted by Gasteiger charge is -2.31. The molecule has 160 valence electrons. The number of methoxy groups -OCH3 is 1. The van der Waals surface area contributed by atoms with Gasteiger partial charge in [-0.05, 0) is 48.0 Å². The molecule has 0 heterocycles. The molecule has 10 heteroatoms. The molecule has 0 rings (SSSR count). The highest BCUT2D eigenvalue weighted by molar-refractivity contribution is 5.74. The maximum atomic E-state index is 13.2. The molecule has 0 fully saturated rings. The zero-order valence-electron chi connectivity index (χ0n) is 16.9. The van der Waals surface area contributed by atoms with E-state index in [4.69, 9.17) is 14.2 Å². The number of carbonyl (C=O) groups is 2. The predicted molar refractivity (Wildman–Crippen MR) is 91.0 cm³/mol. The molecular weight excluding hydrogens is 371 g/mol. The maximum absolute atomic E-state index is 13.2. The maximum Gasteiger partial charge on any atom is 0.409 e. The van der Waals surface area contributed by atoms with Crippen LogP contribution in [0.4, 0.5) is 18.0 Å². The molecule has 1 amide bonds. The van der Waals surface area contributed by atoms with Crippen LogP contribution in [-0.2, 0) is 23.7 Å². The number of amides is 1. The molecule has 0 aromatic rings. The molecule has 0 radical (unpaired) electrons. The van der Waals surface area contributed by atoms with Gasteiger partial charge in [0.1, 0.15) is 11.3 Å². The minimum Gasteiger partial charge on any atom is -0.468 e. The molecule has 0 unspecified atom stereocenters. The van der Waals surface area contributed by atoms with Gasteiger partial charge in [-0.15, -0.1) is 0 Å². The number of rotatable bonds is 9. The summed E-state index contributed by atoms with van der Waals surface area (Å²) >= 11 is 0. The first-order valence-electron chi connectivity index (χ1n) is 8.54. The molecule has 7 nitrogen and oxygen atoms in total. The molecule has 0 aromatic heterocycles. The number of nitrogens with one attached hydrogen (secondary N) is 1. The number of esters is 1. The van der Waals surface area contributed by atoms with Gasteiger partial charge < -0.3 is 18.9 Å². The highest BCUT2D eigenvalue weighted by Gasteiger charge is 2.51. The second-order valence-electron chi connectivity index (χ2n) is 7.31. The van der Waals surface area contributed by atoms with E-state index in [1.165, 1.54) is 20.8 Å². The predicted octanol–water partition coefficient (Wildman–Crippen LogP) is 3.41. The Morgan fingerprint density at radius 2 is 1.63 bits per heavy atom. The van der Waals surface area contributed by atoms with E-state index in [0.717, 1.165) is 7.11 Å². The fourth-order valence-corrected chi connectivity index (χ4v) is 2.20. The molecule has 0 saturated carbocycles. The van der Waals surface area contributed by atoms with Crippen molar-refractivity contribution in [3.05, 3.63) is 0 Å². The molecule has 0 aliphatic rings. The lowest BCUT2D eigenvalue weighted by Crippen LogP contribution is -2.48. The van der Waals surface area contributed by atoms with Gasteiger partial charge in [0.05, 0.1) is 19.8 Å². The number of alkyl carbamates (subject to hydrolysis) is 1. The summed E-state index contributed by atoms with van der Waals surface area (Å²) in [6, 6.07) is 0. The number of ether oxygens (including phenoxy) is 4. The second kappa shape index (κ2) is 10.1. The van der Waals surface area contributed by atoms with Crippen molar-refractivity contribution in [3.63, 3.8) is 0 Å². The van der Waals surface area contributed by atoms with Crippen molar-refractivity contribution >= 4 is 12.1 Å². The van der Waals surface area contributed by atoms with Gasteiger partial charge in [0.25, 0.3) is 0 Å². The van der Waals surface area contributed by atoms with E-state index < -0.39 is 41.6 Å². The Labute approximate surface area is 157 Å². The molecule has 0 aromatic carbocycles. The average molecular weight is 401 g/mol. The lowest BCUT2D eigenvalue weighted by atomic mass is 9.99. The Morgan fingerprint density at radius 1 is 1.07 bits per heavy atom. The van der Waals surface area contributed by atoms with Gasteiger partial charge in [-0.1, -0.05) is 0 Å². The van der Waals surface area contributed by atoms with Crippen molar-refractivity contribution in [1.82, 2.24) is 5.32 Å². The van der Waals surface area contributed by atoms with Gasteiger partial charge in [0.2, 0.25) is 0 Å². The molecular formula is C17H30F3NO6. The quantitative estimate of drug-likeness (QED) is 0.471. The fraction of sp³-hybridized carbons (Fsp3) is 0.882. The summed E-state index contributed by atoms with van der Waals surface area (Å²) in [6.45, 7) is 9.42. The topological polar surface area (TPSA) is 83.1 Å². The first-order chi connectivity index (χ1) is 12.1. The van der Waals surface area contributed by atoms with Gasteiger partial charge in [0, 0.05) is 6.61 Å². The minimum absolute atomic E-state index is 0.0200. The standard InChI is InChI=1S/C17H30F3NO6/c1-8-25-11(12(13(22)24-7)17(18,19)20)9-10-26-16(5,6)21-14(23)27-15(2,3)4/h11-12H,8-10H2,1-7H3,(H,21,23)/t11-,12+/m0/s1. The Morgan fingerprint density at radius 3 is 2.04 bits per heavy atom. The number of alkyl halides is 3. The molecule has 1 N–H and O–H groups in total. The van der Waals surface area contributed by atoms with Gasteiger partial charge in [-0.3, -0.25) is 10.1 Å². The van der Waals surface area contributed by atoms with Crippen LogP contribution in [-0.4, -0.2) is 56.0 Å². The van der Waals surface area contributed by atoms with Crippen LogP contribution >= 0.6 is 0 Å². The zero-order chi connectivity index (χ0) is 21.5. The van der Waals surface area contributed by atoms with E-state index in [9.17, 15) is 22.8 Å². The normalized spacial score (nSPS) is 15.0. The number of hydrogen-bond donors (Lipinski definition) is 1. The molecule has 27 heavy (non-hydrogen) atoms. The third kappa shape index (κ3) is 10.4. The number of hydrogen-bond acceptors (Lipinski definition) is 6. The zero-order valence-corrected chi connectivity index (χ0v) is 16.9. The summed E-state index contributed by atoms with van der Waals surface area (Å²) < 4.78 is 59.6. The van der Waals surface area contributed by atoms with Crippen LogP contribution in [0.25, 0.3) is 0 Å². The van der Waals surface area contributed by atoms with E-state index >= 15 is 0 Å². The largest absolute Gasteiger partial charge is 0.468 e. The Hall–Kier alpha value is -1.55. The second-order valence-corrected chi connectivity index (χ2v) is 7.31. The van der Waals surface area contributed by atoms with Crippen LogP contribution in [0.3, 0.4) is 0 Å². The van der Waals surface area contributed by atoms with E-state index in [2.05, 4.69) is 10.1 Å². The van der Waals surface area contributed by atoms with Crippen molar-refractivity contribution in [3.8, 4) is 0 Å². The summed E-state index contributed by atoms with van der Waals surface area (Å²) in [6.07, 6.45) is -7.25. The highest BCUT2D eigenvalue weighted by Crippen LogP contribution is 2.33. The molecule has 0 spiro atoms. The average Bonchev–Trinajstić information content (AvgIpc) is 2.42. The van der Waals surface area contributed by atoms with E-state index in [0.29, 0.717) is 0 Å². The number of carbonyl (C=O) groups excluding carboxylic acids is 2. The highest BCUT2D eigenvalue weighted by atomic mass is 19.4. The van der Waals surface area contributed by atoms with Crippen molar-refractivity contribution in [1.29, 1.82) is 0 Å². The smallest absolute Gasteiger partial charge is 0.409 e. The van der Waals surface area contributed by atoms with Crippen molar-refractivity contribution in [2.45, 2.75) is 71.6 Å². The fourth-order valence-electron chi connectivity index (χ4n) is 2.20. The van der Waals surface area contributed by atoms with Gasteiger partial charge in [-0.2, -0.15) is 13.2 Å². The van der Waals surface area contributed by atoms with E-state index in [1.54, 1.807) is 20.8 Å². The van der Waals surface area contributed by atoms with Crippen LogP contribution in [0.15, 0.2) is 0 Å². The van der Waals surface area contributed by atoms with Gasteiger partial charge >= 0.3 is 18.2 Å². The monoisotopic (exact) mass is 401 g/mol. The van der Waals surface area contributed by atoms with Crippen LogP contribution in [0.2, 0.25) is 0 Å². The van der Waals surface area contributed by atoms with Crippen molar-refractivity contribution in [2.24, 2.45) is 5.92 Å². The summed E-state index contributed by atoms with van der Waals surface area (Å²) in [7, 11) is 0.883. The Bertz CT molecular complexity index is 488. The molecule has 0 saturated heterocycles. The first kappa shape index (κ1) is 25.4. The summed E-state index contributed by atoms with van der Waals surface area (Å²) in [5.74, 6) is -3.85. The molecule has 2 atom stereocenters. The van der Waals surface area contributed by atoms with E-state index in [-0.39, 0.29) is 19.6 Å². The minimum atomic E-state index is -4.82. The van der Waals surface area contributed by atoms with Crippen LogP contribution < -0.4 is 5.32 Å². The van der Waals surface area contributed by atoms with Gasteiger partial charge in [-0.25, -0.2) is 4.79 Å². The lowest BCUT2D eigenvalue weighted by molar-refractivity contribution is -0.220. The SMILES string of the molecule is CCO[C@@H](CCOC(C)(C)NC(=O)OC(C)(C)C)[C@H](C(=O)OC)C(F)(F)F. The van der Waals surface area contributed by atoms with Crippen molar-refractivity contribution in [2.75, 3.05) is 20.3 Å². The third-order valence-electron chi connectivity index (χ3n) is 3.23. The third-order valence-corrected chi connectivity index (χ3v) is 3.23. The van der Waals surface area contributed by atoms with Crippen LogP contribution in [0.5, 0.6) is 0 Å². The molecule has 0 bridgehead atoms. The van der Waals surface area contributed by atoms with Crippen LogP contribution in [0.1, 0.15) is 48.0 Å². The van der Waals surface area contributed by atoms with Crippen LogP contribution in [0, 0.1) is 5.92 Å². The first-order valence-corrected chi connectivity index (χ1v) is 8.54. The summed E-state index contributed by atoms with van der Waals surface area (Å²) in [5, 5.41) is 2.47.